The molecular weight excluding hydrogens is 184 g/mol. The van der Waals surface area contributed by atoms with Gasteiger partial charge in [-0.15, -0.1) is 11.3 Å². The average Bonchev–Trinajstić information content (AvgIpc) is 2.64. The molecule has 70 valence electrons. The zero-order chi connectivity index (χ0) is 9.52. The van der Waals surface area contributed by atoms with Crippen molar-refractivity contribution in [2.75, 3.05) is 7.11 Å². The number of rotatable bonds is 3. The lowest BCUT2D eigenvalue weighted by Gasteiger charge is -1.92. The van der Waals surface area contributed by atoms with Crippen molar-refractivity contribution in [1.82, 2.24) is 0 Å². The monoisotopic (exact) mass is 196 g/mol. The predicted molar refractivity (Wildman–Crippen MR) is 56.6 cm³/mol. The fourth-order valence-electron chi connectivity index (χ4n) is 0.788. The van der Waals surface area contributed by atoms with Gasteiger partial charge in [0.05, 0.1) is 0 Å². The minimum Gasteiger partial charge on any atom is -0.398 e. The van der Waals surface area contributed by atoms with E-state index in [9.17, 15) is 0 Å². The molecule has 0 aromatic carbocycles. The molecule has 0 saturated heterocycles. The predicted octanol–water partition coefficient (Wildman–Crippen LogP) is 2.54. The number of amidine groups is 1. The van der Waals surface area contributed by atoms with Crippen LogP contribution in [0.25, 0.3) is 0 Å². The number of nitrogens with zero attached hydrogens (tertiary/aromatic N) is 2. The minimum absolute atomic E-state index is 0.705. The van der Waals surface area contributed by atoms with Crippen LogP contribution in [0.3, 0.4) is 0 Å². The van der Waals surface area contributed by atoms with Gasteiger partial charge in [-0.05, 0) is 11.4 Å². The molecule has 0 spiro atoms. The van der Waals surface area contributed by atoms with Crippen LogP contribution in [0.2, 0.25) is 0 Å². The van der Waals surface area contributed by atoms with Gasteiger partial charge in [-0.25, -0.2) is 4.99 Å². The highest BCUT2D eigenvalue weighted by Gasteiger charge is 1.92. The fraction of sp³-hybridized carbons (Fsp3) is 0.333. The molecule has 0 atom stereocenters. The second kappa shape index (κ2) is 5.48. The van der Waals surface area contributed by atoms with Crippen molar-refractivity contribution in [1.29, 1.82) is 0 Å². The summed E-state index contributed by atoms with van der Waals surface area (Å²) in [6.07, 6.45) is 2.57. The van der Waals surface area contributed by atoms with Gasteiger partial charge in [-0.2, -0.15) is 0 Å². The Balaban J connectivity index is 2.61. The molecule has 0 unspecified atom stereocenters. The highest BCUT2D eigenvalue weighted by molar-refractivity contribution is 7.11. The lowest BCUT2D eigenvalue weighted by atomic mass is 10.4. The first kappa shape index (κ1) is 9.92. The molecule has 0 fully saturated rings. The van der Waals surface area contributed by atoms with Crippen LogP contribution < -0.4 is 0 Å². The zero-order valence-corrected chi connectivity index (χ0v) is 8.54. The molecule has 0 bridgehead atoms. The Labute approximate surface area is 81.8 Å². The van der Waals surface area contributed by atoms with Gasteiger partial charge in [0.2, 0.25) is 0 Å². The number of hydrogen-bond acceptors (Lipinski definition) is 3. The van der Waals surface area contributed by atoms with Crippen molar-refractivity contribution in [2.45, 2.75) is 13.3 Å². The Bertz CT molecular complexity index is 291. The van der Waals surface area contributed by atoms with Gasteiger partial charge in [-0.1, -0.05) is 18.1 Å². The molecule has 1 aromatic heterocycles. The van der Waals surface area contributed by atoms with E-state index < -0.39 is 0 Å². The molecule has 0 aliphatic heterocycles. The summed E-state index contributed by atoms with van der Waals surface area (Å²) in [5, 5.41) is 5.78. The van der Waals surface area contributed by atoms with Crippen molar-refractivity contribution < 1.29 is 4.84 Å². The molecule has 0 aliphatic rings. The van der Waals surface area contributed by atoms with Crippen LogP contribution in [0.15, 0.2) is 27.7 Å². The standard InChI is InChI=1S/C9H12N2OS/c1-3-9(11-12-2)10-7-8-5-4-6-13-8/h4-7H,3H2,1-2H3/b10-7?,11-9-. The number of aliphatic imine (C=N–C) groups is 1. The van der Waals surface area contributed by atoms with E-state index >= 15 is 0 Å². The van der Waals surface area contributed by atoms with Gasteiger partial charge in [0.1, 0.15) is 7.11 Å². The van der Waals surface area contributed by atoms with Crippen LogP contribution in [-0.2, 0) is 4.84 Å². The van der Waals surface area contributed by atoms with Gasteiger partial charge in [0, 0.05) is 17.5 Å². The van der Waals surface area contributed by atoms with E-state index in [0.29, 0.717) is 5.84 Å². The van der Waals surface area contributed by atoms with Gasteiger partial charge in [0.15, 0.2) is 5.84 Å². The second-order valence-corrected chi connectivity index (χ2v) is 3.30. The Hall–Kier alpha value is -1.16. The van der Waals surface area contributed by atoms with Crippen LogP contribution in [0, 0.1) is 0 Å². The molecule has 0 amide bonds. The van der Waals surface area contributed by atoms with Crippen LogP contribution >= 0.6 is 11.3 Å². The Morgan fingerprint density at radius 3 is 3.08 bits per heavy atom. The van der Waals surface area contributed by atoms with Gasteiger partial charge in [0.25, 0.3) is 0 Å². The third-order valence-electron chi connectivity index (χ3n) is 1.40. The molecule has 1 rings (SSSR count). The van der Waals surface area contributed by atoms with E-state index in [1.165, 1.54) is 7.11 Å². The van der Waals surface area contributed by atoms with E-state index in [2.05, 4.69) is 15.0 Å². The molecule has 1 aromatic rings. The van der Waals surface area contributed by atoms with Gasteiger partial charge < -0.3 is 4.84 Å². The summed E-state index contributed by atoms with van der Waals surface area (Å²) in [6.45, 7) is 1.99. The lowest BCUT2D eigenvalue weighted by molar-refractivity contribution is 0.212. The SMILES string of the molecule is CC/C(N=Cc1cccs1)=N/OC. The number of thiophene rings is 1. The Morgan fingerprint density at radius 1 is 1.69 bits per heavy atom. The summed E-state index contributed by atoms with van der Waals surface area (Å²) in [7, 11) is 1.52. The maximum absolute atomic E-state index is 4.64. The first-order chi connectivity index (χ1) is 6.36. The van der Waals surface area contributed by atoms with Gasteiger partial charge >= 0.3 is 0 Å². The number of hydrogen-bond donors (Lipinski definition) is 0. The van der Waals surface area contributed by atoms with E-state index in [4.69, 9.17) is 0 Å². The molecule has 13 heavy (non-hydrogen) atoms. The van der Waals surface area contributed by atoms with E-state index in [-0.39, 0.29) is 0 Å². The summed E-state index contributed by atoms with van der Waals surface area (Å²) in [4.78, 5) is 9.95. The maximum atomic E-state index is 4.64. The summed E-state index contributed by atoms with van der Waals surface area (Å²) in [6, 6.07) is 4.00. The van der Waals surface area contributed by atoms with Crippen molar-refractivity contribution in [3.63, 3.8) is 0 Å². The minimum atomic E-state index is 0.705. The molecular formula is C9H12N2OS. The molecule has 0 radical (unpaired) electrons. The van der Waals surface area contributed by atoms with Crippen LogP contribution in [-0.4, -0.2) is 19.2 Å². The highest BCUT2D eigenvalue weighted by Crippen LogP contribution is 2.05. The second-order valence-electron chi connectivity index (χ2n) is 2.32. The summed E-state index contributed by atoms with van der Waals surface area (Å²) in [5.74, 6) is 0.705. The van der Waals surface area contributed by atoms with E-state index in [1.54, 1.807) is 17.6 Å². The smallest absolute Gasteiger partial charge is 0.167 e. The molecule has 0 saturated carbocycles. The normalized spacial score (nSPS) is 12.3. The van der Waals surface area contributed by atoms with Crippen molar-refractivity contribution in [2.24, 2.45) is 10.1 Å². The zero-order valence-electron chi connectivity index (χ0n) is 7.73. The van der Waals surface area contributed by atoms with Crippen molar-refractivity contribution >= 4 is 23.4 Å². The van der Waals surface area contributed by atoms with Crippen LogP contribution in [0.4, 0.5) is 0 Å². The average molecular weight is 196 g/mol. The lowest BCUT2D eigenvalue weighted by Crippen LogP contribution is -1.92. The fourth-order valence-corrected chi connectivity index (χ4v) is 1.37. The Kier molecular flexibility index (Phi) is 4.18. The summed E-state index contributed by atoms with van der Waals surface area (Å²) < 4.78 is 0. The summed E-state index contributed by atoms with van der Waals surface area (Å²) >= 11 is 1.65. The summed E-state index contributed by atoms with van der Waals surface area (Å²) in [5.41, 5.74) is 0. The molecule has 0 N–H and O–H groups in total. The maximum Gasteiger partial charge on any atom is 0.167 e. The van der Waals surface area contributed by atoms with E-state index in [1.807, 2.05) is 24.4 Å². The molecule has 3 nitrogen and oxygen atoms in total. The molecule has 1 heterocycles. The quantitative estimate of drug-likeness (QED) is 0.415. The van der Waals surface area contributed by atoms with Crippen molar-refractivity contribution in [3.05, 3.63) is 22.4 Å². The first-order valence-corrected chi connectivity index (χ1v) is 4.92. The number of oxime groups is 1. The molecule has 0 aliphatic carbocycles. The van der Waals surface area contributed by atoms with Crippen molar-refractivity contribution in [3.8, 4) is 0 Å². The Morgan fingerprint density at radius 2 is 2.54 bits per heavy atom. The van der Waals surface area contributed by atoms with E-state index in [0.717, 1.165) is 11.3 Å². The largest absolute Gasteiger partial charge is 0.398 e. The third kappa shape index (κ3) is 3.38. The first-order valence-electron chi connectivity index (χ1n) is 4.04. The van der Waals surface area contributed by atoms with Gasteiger partial charge in [-0.3, -0.25) is 0 Å². The molecule has 4 heteroatoms. The topological polar surface area (TPSA) is 34.0 Å². The third-order valence-corrected chi connectivity index (χ3v) is 2.20. The highest BCUT2D eigenvalue weighted by atomic mass is 32.1. The van der Waals surface area contributed by atoms with Crippen LogP contribution in [0.5, 0.6) is 0 Å². The van der Waals surface area contributed by atoms with Crippen LogP contribution in [0.1, 0.15) is 18.2 Å².